The lowest BCUT2D eigenvalue weighted by Gasteiger charge is -2.32. The molecule has 1 aliphatic heterocycles. The Bertz CT molecular complexity index is 1430. The molecule has 2 aromatic carbocycles. The minimum atomic E-state index is -1.35. The fourth-order valence-electron chi connectivity index (χ4n) is 5.20. The van der Waals surface area contributed by atoms with Crippen LogP contribution in [0.3, 0.4) is 0 Å². The number of phenolic OH excluding ortho intramolecular Hbond substituents is 1. The third-order valence-electron chi connectivity index (χ3n) is 7.22. The van der Waals surface area contributed by atoms with Gasteiger partial charge in [0, 0.05) is 29.2 Å². The predicted octanol–water partition coefficient (Wildman–Crippen LogP) is 3.64. The number of ketones is 1. The van der Waals surface area contributed by atoms with E-state index >= 15 is 0 Å². The number of nitrogens with zero attached hydrogens (tertiary/aromatic N) is 1. The zero-order valence-electron chi connectivity index (χ0n) is 25.3. The standard InChI is InChI=1S/C31H40N4O7/c1-9-42-23-13-17-18(12-19(23)29(40)41)27(32)35(25(17)24(28(33)39)34-15(2)36)14-22(37)16-10-20(30(3,4)5)26(38)21(11-16)31(6,7)8/h10-13,24-25,32,38H,9,14H2,1-8H3,(H2,33,39)(H,34,36)(H,40,41). The smallest absolute Gasteiger partial charge is 0.339 e. The van der Waals surface area contributed by atoms with Gasteiger partial charge < -0.3 is 30.9 Å². The number of carbonyl (C=O) groups is 4. The molecule has 1 heterocycles. The van der Waals surface area contributed by atoms with Gasteiger partial charge in [0.2, 0.25) is 11.8 Å². The summed E-state index contributed by atoms with van der Waals surface area (Å²) in [5, 5.41) is 32.4. The fraction of sp³-hybridized carbons (Fsp3) is 0.452. The van der Waals surface area contributed by atoms with E-state index in [4.69, 9.17) is 15.9 Å². The normalized spacial score (nSPS) is 15.7. The molecule has 1 aliphatic rings. The van der Waals surface area contributed by atoms with Crippen LogP contribution in [0.25, 0.3) is 0 Å². The number of carbonyl (C=O) groups excluding carboxylic acids is 3. The molecule has 0 aliphatic carbocycles. The minimum Gasteiger partial charge on any atom is -0.507 e. The van der Waals surface area contributed by atoms with E-state index in [2.05, 4.69) is 5.32 Å². The molecule has 11 nitrogen and oxygen atoms in total. The SMILES string of the molecule is CCOc1cc2c(cc1C(=O)O)C(=N)N(CC(=O)c1cc(C(C)(C)C)c(O)c(C(C)(C)C)c1)C2C(NC(C)=O)C(N)=O. The number of hydrogen-bond acceptors (Lipinski definition) is 7. The molecule has 226 valence electrons. The second-order valence-corrected chi connectivity index (χ2v) is 12.5. The summed E-state index contributed by atoms with van der Waals surface area (Å²) in [4.78, 5) is 52.0. The van der Waals surface area contributed by atoms with E-state index in [0.29, 0.717) is 22.3 Å². The molecule has 2 aromatic rings. The topological polar surface area (TPSA) is 183 Å². The number of primary amides is 1. The number of rotatable bonds is 9. The number of ether oxygens (including phenoxy) is 1. The van der Waals surface area contributed by atoms with Crippen molar-refractivity contribution in [1.29, 1.82) is 5.41 Å². The molecular weight excluding hydrogens is 540 g/mol. The summed E-state index contributed by atoms with van der Waals surface area (Å²) in [6.45, 7) is 14.2. The first-order chi connectivity index (χ1) is 19.3. The first kappa shape index (κ1) is 32.1. The molecule has 11 heteroatoms. The van der Waals surface area contributed by atoms with Crippen LogP contribution >= 0.6 is 0 Å². The number of phenols is 1. The third kappa shape index (κ3) is 6.24. The van der Waals surface area contributed by atoms with Gasteiger partial charge in [0.25, 0.3) is 0 Å². The first-order valence-corrected chi connectivity index (χ1v) is 13.7. The van der Waals surface area contributed by atoms with Gasteiger partial charge in [-0.1, -0.05) is 41.5 Å². The lowest BCUT2D eigenvalue weighted by atomic mass is 9.78. The van der Waals surface area contributed by atoms with E-state index in [1.165, 1.54) is 24.0 Å². The average Bonchev–Trinajstić information content (AvgIpc) is 3.10. The minimum absolute atomic E-state index is 0.0175. The molecule has 0 fully saturated rings. The van der Waals surface area contributed by atoms with Gasteiger partial charge in [0.1, 0.15) is 28.9 Å². The molecule has 0 spiro atoms. The molecule has 3 rings (SSSR count). The van der Waals surface area contributed by atoms with E-state index in [1.54, 1.807) is 19.1 Å². The van der Waals surface area contributed by atoms with E-state index < -0.39 is 53.0 Å². The molecule has 0 saturated heterocycles. The number of carboxylic acid groups (broad SMARTS) is 1. The quantitative estimate of drug-likeness (QED) is 0.278. The first-order valence-electron chi connectivity index (χ1n) is 13.7. The molecule has 6 N–H and O–H groups in total. The number of nitrogens with one attached hydrogen (secondary N) is 2. The Hall–Kier alpha value is -4.41. The average molecular weight is 581 g/mol. The van der Waals surface area contributed by atoms with Gasteiger partial charge in [-0.2, -0.15) is 0 Å². The fourth-order valence-corrected chi connectivity index (χ4v) is 5.20. The predicted molar refractivity (Wildman–Crippen MR) is 157 cm³/mol. The number of carboxylic acids is 1. The summed E-state index contributed by atoms with van der Waals surface area (Å²) in [6.07, 6.45) is 0. The Balaban J connectivity index is 2.21. The van der Waals surface area contributed by atoms with Crippen molar-refractivity contribution < 1.29 is 34.1 Å². The second-order valence-electron chi connectivity index (χ2n) is 12.5. The number of amides is 2. The monoisotopic (exact) mass is 580 g/mol. The molecule has 2 amide bonds. The van der Waals surface area contributed by atoms with Gasteiger partial charge in [-0.05, 0) is 47.6 Å². The number of Topliss-reactive ketones (excluding diaryl/α,β-unsaturated/α-hetero) is 1. The summed E-state index contributed by atoms with van der Waals surface area (Å²) in [5.74, 6) is -3.23. The van der Waals surface area contributed by atoms with E-state index in [0.717, 1.165) is 0 Å². The Morgan fingerprint density at radius 2 is 1.60 bits per heavy atom. The number of hydrogen-bond donors (Lipinski definition) is 5. The number of aromatic hydroxyl groups is 1. The molecule has 0 aromatic heterocycles. The van der Waals surface area contributed by atoms with E-state index in [1.807, 2.05) is 41.5 Å². The summed E-state index contributed by atoms with van der Waals surface area (Å²) >= 11 is 0. The number of benzene rings is 2. The van der Waals surface area contributed by atoms with Crippen LogP contribution in [-0.4, -0.2) is 63.7 Å². The lowest BCUT2D eigenvalue weighted by molar-refractivity contribution is -0.127. The summed E-state index contributed by atoms with van der Waals surface area (Å²) in [7, 11) is 0. The zero-order chi connectivity index (χ0) is 31.9. The Kier molecular flexibility index (Phi) is 8.76. The largest absolute Gasteiger partial charge is 0.507 e. The van der Waals surface area contributed by atoms with Crippen LogP contribution in [0.5, 0.6) is 11.5 Å². The van der Waals surface area contributed by atoms with Crippen molar-refractivity contribution in [3.05, 3.63) is 57.6 Å². The van der Waals surface area contributed by atoms with Gasteiger partial charge in [-0.3, -0.25) is 19.8 Å². The van der Waals surface area contributed by atoms with Crippen molar-refractivity contribution in [3.8, 4) is 11.5 Å². The number of aromatic carboxylic acids is 1. The Morgan fingerprint density at radius 1 is 1.05 bits per heavy atom. The van der Waals surface area contributed by atoms with Crippen LogP contribution in [0.15, 0.2) is 24.3 Å². The van der Waals surface area contributed by atoms with Gasteiger partial charge in [-0.25, -0.2) is 4.79 Å². The summed E-state index contributed by atoms with van der Waals surface area (Å²) in [5.41, 5.74) is 6.46. The van der Waals surface area contributed by atoms with Crippen LogP contribution in [0.2, 0.25) is 0 Å². The van der Waals surface area contributed by atoms with E-state index in [9.17, 15) is 29.4 Å². The van der Waals surface area contributed by atoms with Crippen LogP contribution in [0.1, 0.15) is 104 Å². The van der Waals surface area contributed by atoms with Crippen LogP contribution in [0.4, 0.5) is 0 Å². The van der Waals surface area contributed by atoms with Gasteiger partial charge in [0.15, 0.2) is 5.78 Å². The van der Waals surface area contributed by atoms with Crippen LogP contribution in [-0.2, 0) is 20.4 Å². The molecule has 2 unspecified atom stereocenters. The lowest BCUT2D eigenvalue weighted by Crippen LogP contribution is -2.52. The summed E-state index contributed by atoms with van der Waals surface area (Å²) in [6, 6.07) is 3.50. The maximum atomic E-state index is 13.9. The third-order valence-corrected chi connectivity index (χ3v) is 7.22. The maximum Gasteiger partial charge on any atom is 0.339 e. The van der Waals surface area contributed by atoms with E-state index in [-0.39, 0.29) is 35.1 Å². The highest BCUT2D eigenvalue weighted by Crippen LogP contribution is 2.42. The molecule has 2 atom stereocenters. The second kappa shape index (κ2) is 11.5. The maximum absolute atomic E-state index is 13.9. The highest BCUT2D eigenvalue weighted by Gasteiger charge is 2.44. The highest BCUT2D eigenvalue weighted by atomic mass is 16.5. The van der Waals surface area contributed by atoms with Gasteiger partial charge in [-0.15, -0.1) is 0 Å². The molecule has 0 bridgehead atoms. The number of fused-ring (bicyclic) bond motifs is 1. The van der Waals surface area contributed by atoms with Crippen molar-refractivity contribution in [3.63, 3.8) is 0 Å². The Morgan fingerprint density at radius 3 is 2.02 bits per heavy atom. The zero-order valence-corrected chi connectivity index (χ0v) is 25.3. The number of amidine groups is 1. The van der Waals surface area contributed by atoms with Crippen LogP contribution in [0, 0.1) is 5.41 Å². The number of nitrogens with two attached hydrogens (primary N) is 1. The van der Waals surface area contributed by atoms with Crippen molar-refractivity contribution in [2.75, 3.05) is 13.2 Å². The molecule has 0 radical (unpaired) electrons. The molecule has 0 saturated carbocycles. The van der Waals surface area contributed by atoms with Crippen molar-refractivity contribution in [2.45, 2.75) is 78.3 Å². The Labute approximate surface area is 245 Å². The van der Waals surface area contributed by atoms with Crippen LogP contribution < -0.4 is 15.8 Å². The van der Waals surface area contributed by atoms with Crippen molar-refractivity contribution in [1.82, 2.24) is 10.2 Å². The van der Waals surface area contributed by atoms with Crippen molar-refractivity contribution >= 4 is 29.4 Å². The molecule has 42 heavy (non-hydrogen) atoms. The summed E-state index contributed by atoms with van der Waals surface area (Å²) < 4.78 is 5.55. The highest BCUT2D eigenvalue weighted by molar-refractivity contribution is 6.08. The van der Waals surface area contributed by atoms with Gasteiger partial charge in [0.05, 0.1) is 19.2 Å². The van der Waals surface area contributed by atoms with Crippen molar-refractivity contribution in [2.24, 2.45) is 5.73 Å². The van der Waals surface area contributed by atoms with Gasteiger partial charge >= 0.3 is 5.97 Å². The molecular formula is C31H40N4O7.